The average molecular weight is 497 g/mol. The van der Waals surface area contributed by atoms with Gasteiger partial charge in [0.05, 0.1) is 5.69 Å². The maximum atomic E-state index is 10.9. The smallest absolute Gasteiger partial charge is 0.185 e. The first-order valence-electron chi connectivity index (χ1n) is 12.7. The molecule has 1 aromatic heterocycles. The molecule has 0 spiro atoms. The van der Waals surface area contributed by atoms with Gasteiger partial charge in [0.25, 0.3) is 0 Å². The number of aromatic nitrogens is 1. The fraction of sp³-hybridized carbons (Fsp3) is 0.290. The van der Waals surface area contributed by atoms with Gasteiger partial charge in [0.1, 0.15) is 18.6 Å². The summed E-state index contributed by atoms with van der Waals surface area (Å²) in [6.07, 6.45) is 7.64. The highest BCUT2D eigenvalue weighted by atomic mass is 32.1. The number of nitrogens with zero attached hydrogens (tertiary/aromatic N) is 2. The molecule has 5 heteroatoms. The van der Waals surface area contributed by atoms with Crippen molar-refractivity contribution >= 4 is 22.8 Å². The van der Waals surface area contributed by atoms with Crippen molar-refractivity contribution in [3.63, 3.8) is 0 Å². The van der Waals surface area contributed by atoms with E-state index in [1.807, 2.05) is 43.4 Å². The third-order valence-corrected chi connectivity index (χ3v) is 7.92. The molecule has 1 fully saturated rings. The zero-order chi connectivity index (χ0) is 24.7. The Morgan fingerprint density at radius 1 is 0.917 bits per heavy atom. The molecule has 36 heavy (non-hydrogen) atoms. The minimum Gasteiger partial charge on any atom is -0.489 e. The molecule has 184 valence electrons. The van der Waals surface area contributed by atoms with E-state index in [0.29, 0.717) is 12.2 Å². The van der Waals surface area contributed by atoms with E-state index < -0.39 is 0 Å². The molecule has 1 aliphatic carbocycles. The van der Waals surface area contributed by atoms with Crippen molar-refractivity contribution in [1.29, 1.82) is 0 Å². The molecule has 5 rings (SSSR count). The second-order valence-electron chi connectivity index (χ2n) is 9.62. The van der Waals surface area contributed by atoms with Crippen LogP contribution in [0.25, 0.3) is 11.3 Å². The summed E-state index contributed by atoms with van der Waals surface area (Å²) in [7, 11) is 2.04. The molecule has 1 aliphatic rings. The number of carbonyl (C=O) groups is 1. The topological polar surface area (TPSA) is 42.4 Å². The number of aldehydes is 1. The van der Waals surface area contributed by atoms with Gasteiger partial charge in [-0.25, -0.2) is 4.98 Å². The summed E-state index contributed by atoms with van der Waals surface area (Å²) in [6, 6.07) is 24.8. The molecule has 0 N–H and O–H groups in total. The van der Waals surface area contributed by atoms with Gasteiger partial charge in [-0.1, -0.05) is 67.8 Å². The summed E-state index contributed by atoms with van der Waals surface area (Å²) in [5, 5.41) is 3.05. The van der Waals surface area contributed by atoms with Crippen LogP contribution in [0.4, 0.5) is 5.13 Å². The van der Waals surface area contributed by atoms with E-state index >= 15 is 0 Å². The molecular weight excluding hydrogens is 464 g/mol. The maximum Gasteiger partial charge on any atom is 0.185 e. The zero-order valence-corrected chi connectivity index (χ0v) is 21.5. The number of thiazole rings is 1. The number of ether oxygens (including phenoxy) is 1. The molecule has 4 aromatic rings. The van der Waals surface area contributed by atoms with Crippen LogP contribution in [0.1, 0.15) is 65.1 Å². The summed E-state index contributed by atoms with van der Waals surface area (Å²) in [6.45, 7) is 1.31. The van der Waals surface area contributed by atoms with Crippen molar-refractivity contribution in [3.8, 4) is 17.0 Å². The van der Waals surface area contributed by atoms with E-state index in [0.717, 1.165) is 46.5 Å². The van der Waals surface area contributed by atoms with Crippen LogP contribution in [0.3, 0.4) is 0 Å². The number of carbonyl (C=O) groups excluding carboxylic acids is 1. The molecule has 0 aliphatic heterocycles. The van der Waals surface area contributed by atoms with Crippen LogP contribution in [0, 0.1) is 0 Å². The predicted octanol–water partition coefficient (Wildman–Crippen LogP) is 7.89. The number of hydrogen-bond donors (Lipinski definition) is 0. The van der Waals surface area contributed by atoms with Gasteiger partial charge >= 0.3 is 0 Å². The molecule has 0 radical (unpaired) electrons. The van der Waals surface area contributed by atoms with E-state index in [2.05, 4.69) is 46.7 Å². The lowest BCUT2D eigenvalue weighted by Crippen LogP contribution is -2.16. The Labute approximate surface area is 217 Å². The van der Waals surface area contributed by atoms with E-state index in [1.165, 1.54) is 43.2 Å². The van der Waals surface area contributed by atoms with E-state index in [9.17, 15) is 4.79 Å². The molecular formula is C31H32N2O2S. The van der Waals surface area contributed by atoms with Gasteiger partial charge in [-0.2, -0.15) is 0 Å². The van der Waals surface area contributed by atoms with Gasteiger partial charge in [0, 0.05) is 30.1 Å². The average Bonchev–Trinajstić information content (AvgIpc) is 3.44. The van der Waals surface area contributed by atoms with Gasteiger partial charge in [-0.05, 0) is 59.7 Å². The molecule has 0 amide bonds. The molecule has 0 saturated heterocycles. The Bertz CT molecular complexity index is 1260. The summed E-state index contributed by atoms with van der Waals surface area (Å²) >= 11 is 1.63. The quantitative estimate of drug-likeness (QED) is 0.221. The highest BCUT2D eigenvalue weighted by Crippen LogP contribution is 2.33. The normalized spacial score (nSPS) is 13.9. The van der Waals surface area contributed by atoms with Crippen molar-refractivity contribution in [2.75, 3.05) is 11.9 Å². The lowest BCUT2D eigenvalue weighted by atomic mass is 9.84. The van der Waals surface area contributed by atoms with Crippen LogP contribution in [-0.4, -0.2) is 18.3 Å². The van der Waals surface area contributed by atoms with Crippen molar-refractivity contribution < 1.29 is 9.53 Å². The Morgan fingerprint density at radius 2 is 1.61 bits per heavy atom. The fourth-order valence-corrected chi connectivity index (χ4v) is 5.63. The van der Waals surface area contributed by atoms with Gasteiger partial charge in [-0.3, -0.25) is 4.79 Å². The summed E-state index contributed by atoms with van der Waals surface area (Å²) in [4.78, 5) is 17.8. The standard InChI is InChI=1S/C31H32N2O2S/c1-33(19-23-7-9-24(20-34)10-8-23)31-32-30(22-36-31)28-15-17-29(18-16-28)35-21-25-11-13-27(14-12-25)26-5-3-2-4-6-26/h7-18,20,22,26H,2-6,19,21H2,1H3. The molecule has 0 atom stereocenters. The molecule has 0 unspecified atom stereocenters. The molecule has 4 nitrogen and oxygen atoms in total. The van der Waals surface area contributed by atoms with Crippen LogP contribution in [0.15, 0.2) is 78.2 Å². The third kappa shape index (κ3) is 6.03. The number of hydrogen-bond acceptors (Lipinski definition) is 5. The van der Waals surface area contributed by atoms with Crippen LogP contribution >= 0.6 is 11.3 Å². The minimum atomic E-state index is 0.573. The molecule has 0 bridgehead atoms. The van der Waals surface area contributed by atoms with Crippen molar-refractivity contribution in [3.05, 3.63) is 100 Å². The van der Waals surface area contributed by atoms with Crippen molar-refractivity contribution in [2.45, 2.75) is 51.2 Å². The van der Waals surface area contributed by atoms with Gasteiger partial charge in [0.15, 0.2) is 5.13 Å². The summed E-state index contributed by atoms with van der Waals surface area (Å²) < 4.78 is 6.05. The zero-order valence-electron chi connectivity index (χ0n) is 20.7. The summed E-state index contributed by atoms with van der Waals surface area (Å²) in [5.74, 6) is 1.60. The SMILES string of the molecule is CN(Cc1ccc(C=O)cc1)c1nc(-c2ccc(OCc3ccc(C4CCCCC4)cc3)cc2)cs1. The first-order chi connectivity index (χ1) is 17.7. The van der Waals surface area contributed by atoms with E-state index in [4.69, 9.17) is 9.72 Å². The second-order valence-corrected chi connectivity index (χ2v) is 10.5. The Hall–Kier alpha value is -3.44. The highest BCUT2D eigenvalue weighted by Gasteiger charge is 2.15. The van der Waals surface area contributed by atoms with Crippen LogP contribution < -0.4 is 9.64 Å². The van der Waals surface area contributed by atoms with E-state index in [-0.39, 0.29) is 0 Å². The predicted molar refractivity (Wildman–Crippen MR) is 148 cm³/mol. The van der Waals surface area contributed by atoms with Gasteiger partial charge in [0.2, 0.25) is 0 Å². The minimum absolute atomic E-state index is 0.573. The molecule has 1 saturated carbocycles. The van der Waals surface area contributed by atoms with Crippen molar-refractivity contribution in [2.24, 2.45) is 0 Å². The Balaban J connectivity index is 1.15. The van der Waals surface area contributed by atoms with E-state index in [1.54, 1.807) is 11.3 Å². The first-order valence-corrected chi connectivity index (χ1v) is 13.6. The van der Waals surface area contributed by atoms with Gasteiger partial charge in [-0.15, -0.1) is 11.3 Å². The maximum absolute atomic E-state index is 10.9. The van der Waals surface area contributed by atoms with Gasteiger partial charge < -0.3 is 9.64 Å². The second kappa shape index (κ2) is 11.5. The largest absolute Gasteiger partial charge is 0.489 e. The highest BCUT2D eigenvalue weighted by molar-refractivity contribution is 7.14. The molecule has 3 aromatic carbocycles. The van der Waals surface area contributed by atoms with Crippen molar-refractivity contribution in [1.82, 2.24) is 4.98 Å². The Kier molecular flexibility index (Phi) is 7.77. The lowest BCUT2D eigenvalue weighted by Gasteiger charge is -2.22. The molecule has 1 heterocycles. The Morgan fingerprint density at radius 3 is 2.31 bits per heavy atom. The number of anilines is 1. The monoisotopic (exact) mass is 496 g/mol. The van der Waals surface area contributed by atoms with Crippen LogP contribution in [0.2, 0.25) is 0 Å². The summed E-state index contributed by atoms with van der Waals surface area (Å²) in [5.41, 5.74) is 6.55. The lowest BCUT2D eigenvalue weighted by molar-refractivity contribution is 0.112. The first kappa shape index (κ1) is 24.3. The fourth-order valence-electron chi connectivity index (χ4n) is 4.83. The van der Waals surface area contributed by atoms with Crippen LogP contribution in [-0.2, 0) is 13.2 Å². The van der Waals surface area contributed by atoms with Crippen LogP contribution in [0.5, 0.6) is 5.75 Å². The third-order valence-electron chi connectivity index (χ3n) is 6.97. The number of rotatable bonds is 9. The number of benzene rings is 3.